The van der Waals surface area contributed by atoms with Crippen molar-refractivity contribution in [2.75, 3.05) is 7.11 Å². The highest BCUT2D eigenvalue weighted by Crippen LogP contribution is 2.30. The summed E-state index contributed by atoms with van der Waals surface area (Å²) in [4.78, 5) is 33.5. The summed E-state index contributed by atoms with van der Waals surface area (Å²) >= 11 is 2.89. The average molecular weight is 466 g/mol. The van der Waals surface area contributed by atoms with Gasteiger partial charge in [0.05, 0.1) is 23.5 Å². The Labute approximate surface area is 194 Å². The number of carbonyl (C=O) groups is 1. The normalized spacial score (nSPS) is 11.9. The molecule has 0 saturated carbocycles. The molecule has 164 valence electrons. The Hall–Kier alpha value is -3.10. The molecule has 2 aromatic heterocycles. The van der Waals surface area contributed by atoms with Crippen LogP contribution in [0.15, 0.2) is 64.8 Å². The van der Waals surface area contributed by atoms with Gasteiger partial charge in [-0.25, -0.2) is 4.98 Å². The van der Waals surface area contributed by atoms with Gasteiger partial charge in [-0.1, -0.05) is 48.5 Å². The highest BCUT2D eigenvalue weighted by molar-refractivity contribution is 7.99. The van der Waals surface area contributed by atoms with Gasteiger partial charge in [0.1, 0.15) is 16.4 Å². The number of aromatic amines is 1. The van der Waals surface area contributed by atoms with Crippen LogP contribution in [0, 0.1) is 0 Å². The van der Waals surface area contributed by atoms with Crippen LogP contribution in [0.2, 0.25) is 0 Å². The molecule has 8 heteroatoms. The Morgan fingerprint density at radius 3 is 2.72 bits per heavy atom. The first-order valence-corrected chi connectivity index (χ1v) is 12.1. The molecule has 0 radical (unpaired) electrons. The number of carbonyl (C=O) groups excluding carboxylic acids is 1. The molecule has 0 spiro atoms. The number of rotatable bonds is 8. The summed E-state index contributed by atoms with van der Waals surface area (Å²) in [5.41, 5.74) is 2.65. The van der Waals surface area contributed by atoms with Crippen molar-refractivity contribution in [3.63, 3.8) is 0 Å². The van der Waals surface area contributed by atoms with Gasteiger partial charge in [0.2, 0.25) is 5.91 Å². The van der Waals surface area contributed by atoms with Crippen molar-refractivity contribution in [1.82, 2.24) is 15.3 Å². The maximum absolute atomic E-state index is 12.8. The summed E-state index contributed by atoms with van der Waals surface area (Å²) in [6.07, 6.45) is 0. The third-order valence-electron chi connectivity index (χ3n) is 5.06. The van der Waals surface area contributed by atoms with Gasteiger partial charge in [-0.3, -0.25) is 9.59 Å². The summed E-state index contributed by atoms with van der Waals surface area (Å²) in [5, 5.41) is 5.22. The Morgan fingerprint density at radius 2 is 1.94 bits per heavy atom. The molecule has 0 aliphatic rings. The largest absolute Gasteiger partial charge is 0.496 e. The molecule has 1 atom stereocenters. The minimum absolute atomic E-state index is 0.0770. The molecule has 0 aliphatic heterocycles. The van der Waals surface area contributed by atoms with Crippen LogP contribution >= 0.6 is 23.1 Å². The molecule has 1 unspecified atom stereocenters. The van der Waals surface area contributed by atoms with Crippen molar-refractivity contribution < 1.29 is 9.53 Å². The maximum atomic E-state index is 12.8. The number of thiophene rings is 1. The SMILES string of the molecule is COc1ccccc1CNC(=O)C(C)SCc1nc2scc(-c3ccccc3)c2c(=O)[nH]1. The van der Waals surface area contributed by atoms with Crippen molar-refractivity contribution >= 4 is 39.2 Å². The first-order valence-electron chi connectivity index (χ1n) is 10.1. The number of nitrogens with zero attached hydrogens (tertiary/aromatic N) is 1. The number of para-hydroxylation sites is 1. The number of amides is 1. The first kappa shape index (κ1) is 22.1. The summed E-state index contributed by atoms with van der Waals surface area (Å²) in [6, 6.07) is 17.4. The van der Waals surface area contributed by atoms with E-state index in [1.807, 2.05) is 66.9 Å². The van der Waals surface area contributed by atoms with Gasteiger partial charge in [-0.2, -0.15) is 0 Å². The van der Waals surface area contributed by atoms with Crippen LogP contribution in [0.25, 0.3) is 21.3 Å². The highest BCUT2D eigenvalue weighted by Gasteiger charge is 2.17. The zero-order chi connectivity index (χ0) is 22.5. The summed E-state index contributed by atoms with van der Waals surface area (Å²) in [7, 11) is 1.61. The van der Waals surface area contributed by atoms with Crippen molar-refractivity contribution in [3.05, 3.63) is 81.7 Å². The number of methoxy groups -OCH3 is 1. The van der Waals surface area contributed by atoms with E-state index in [1.54, 1.807) is 7.11 Å². The molecule has 6 nitrogen and oxygen atoms in total. The number of nitrogens with one attached hydrogen (secondary N) is 2. The van der Waals surface area contributed by atoms with E-state index >= 15 is 0 Å². The van der Waals surface area contributed by atoms with E-state index in [0.717, 1.165) is 22.4 Å². The second-order valence-electron chi connectivity index (χ2n) is 7.19. The van der Waals surface area contributed by atoms with Gasteiger partial charge >= 0.3 is 0 Å². The van der Waals surface area contributed by atoms with E-state index in [1.165, 1.54) is 23.1 Å². The number of ether oxygens (including phenoxy) is 1. The van der Waals surface area contributed by atoms with Gasteiger partial charge in [0.15, 0.2) is 0 Å². The lowest BCUT2D eigenvalue weighted by molar-refractivity contribution is -0.120. The molecule has 2 aromatic carbocycles. The topological polar surface area (TPSA) is 84.1 Å². The average Bonchev–Trinajstić information content (AvgIpc) is 3.26. The van der Waals surface area contributed by atoms with Crippen molar-refractivity contribution in [2.45, 2.75) is 24.5 Å². The van der Waals surface area contributed by atoms with Gasteiger partial charge < -0.3 is 15.0 Å². The minimum Gasteiger partial charge on any atom is -0.496 e. The Bertz CT molecular complexity index is 1280. The van der Waals surface area contributed by atoms with Crippen LogP contribution in [-0.2, 0) is 17.1 Å². The Balaban J connectivity index is 1.40. The lowest BCUT2D eigenvalue weighted by atomic mass is 10.1. The van der Waals surface area contributed by atoms with E-state index < -0.39 is 0 Å². The third kappa shape index (κ3) is 4.87. The number of benzene rings is 2. The lowest BCUT2D eigenvalue weighted by Crippen LogP contribution is -2.30. The fraction of sp³-hybridized carbons (Fsp3) is 0.208. The summed E-state index contributed by atoms with van der Waals surface area (Å²) < 4.78 is 5.32. The van der Waals surface area contributed by atoms with Gasteiger partial charge in [-0.05, 0) is 18.6 Å². The van der Waals surface area contributed by atoms with E-state index in [-0.39, 0.29) is 16.7 Å². The van der Waals surface area contributed by atoms with Crippen LogP contribution < -0.4 is 15.6 Å². The predicted molar refractivity (Wildman–Crippen MR) is 131 cm³/mol. The van der Waals surface area contributed by atoms with Crippen molar-refractivity contribution in [2.24, 2.45) is 0 Å². The molecular formula is C24H23N3O3S2. The monoisotopic (exact) mass is 465 g/mol. The number of H-pyrrole nitrogens is 1. The molecule has 4 rings (SSSR count). The highest BCUT2D eigenvalue weighted by atomic mass is 32.2. The number of aromatic nitrogens is 2. The standard InChI is InChI=1S/C24H23N3O3S2/c1-15(22(28)25-12-17-10-6-7-11-19(17)30-2)31-14-20-26-23(29)21-18(13-32-24(21)27-20)16-8-4-3-5-9-16/h3-11,13,15H,12,14H2,1-2H3,(H,25,28)(H,26,27,29). The minimum atomic E-state index is -0.297. The zero-order valence-corrected chi connectivity index (χ0v) is 19.4. The fourth-order valence-electron chi connectivity index (χ4n) is 3.35. The van der Waals surface area contributed by atoms with Crippen LogP contribution in [0.1, 0.15) is 18.3 Å². The number of hydrogen-bond acceptors (Lipinski definition) is 6. The quantitative estimate of drug-likeness (QED) is 0.397. The van der Waals surface area contributed by atoms with Gasteiger partial charge in [0.25, 0.3) is 5.56 Å². The second-order valence-corrected chi connectivity index (χ2v) is 9.38. The smallest absolute Gasteiger partial charge is 0.260 e. The molecule has 0 aliphatic carbocycles. The Morgan fingerprint density at radius 1 is 1.19 bits per heavy atom. The van der Waals surface area contributed by atoms with Crippen molar-refractivity contribution in [1.29, 1.82) is 0 Å². The van der Waals surface area contributed by atoms with Crippen LogP contribution in [-0.4, -0.2) is 28.2 Å². The molecule has 2 heterocycles. The molecule has 2 N–H and O–H groups in total. The molecule has 0 bridgehead atoms. The molecular weight excluding hydrogens is 442 g/mol. The van der Waals surface area contributed by atoms with Gasteiger partial charge in [-0.15, -0.1) is 23.1 Å². The predicted octanol–water partition coefficient (Wildman–Crippen LogP) is 4.60. The maximum Gasteiger partial charge on any atom is 0.260 e. The van der Waals surface area contributed by atoms with Crippen LogP contribution in [0.3, 0.4) is 0 Å². The van der Waals surface area contributed by atoms with Crippen LogP contribution in [0.5, 0.6) is 5.75 Å². The number of fused-ring (bicyclic) bond motifs is 1. The zero-order valence-electron chi connectivity index (χ0n) is 17.8. The van der Waals surface area contributed by atoms with Crippen molar-refractivity contribution in [3.8, 4) is 16.9 Å². The van der Waals surface area contributed by atoms with E-state index in [4.69, 9.17) is 4.74 Å². The first-order chi connectivity index (χ1) is 15.6. The second kappa shape index (κ2) is 10.0. The summed E-state index contributed by atoms with van der Waals surface area (Å²) in [5.74, 6) is 1.67. The van der Waals surface area contributed by atoms with E-state index in [2.05, 4.69) is 15.3 Å². The van der Waals surface area contributed by atoms with E-state index in [9.17, 15) is 9.59 Å². The molecule has 0 fully saturated rings. The lowest BCUT2D eigenvalue weighted by Gasteiger charge is -2.13. The van der Waals surface area contributed by atoms with E-state index in [0.29, 0.717) is 28.3 Å². The van der Waals surface area contributed by atoms with Crippen LogP contribution in [0.4, 0.5) is 0 Å². The third-order valence-corrected chi connectivity index (χ3v) is 7.09. The Kier molecular flexibility index (Phi) is 6.92. The van der Waals surface area contributed by atoms with Gasteiger partial charge in [0, 0.05) is 23.1 Å². The summed E-state index contributed by atoms with van der Waals surface area (Å²) in [6.45, 7) is 2.24. The fourth-order valence-corrected chi connectivity index (χ4v) is 5.09. The molecule has 32 heavy (non-hydrogen) atoms. The molecule has 0 saturated heterocycles. The molecule has 1 amide bonds. The molecule has 4 aromatic rings. The number of thioether (sulfide) groups is 1. The number of hydrogen-bond donors (Lipinski definition) is 2.